The Labute approximate surface area is 159 Å². The largest absolute Gasteiger partial charge is 0.322 e. The Morgan fingerprint density at radius 2 is 1.48 bits per heavy atom. The Bertz CT molecular complexity index is 1080. The second-order valence-electron chi connectivity index (χ2n) is 6.22. The summed E-state index contributed by atoms with van der Waals surface area (Å²) in [5.74, 6) is -0.367. The number of hydrogen-bond acceptors (Lipinski definition) is 3. The molecule has 0 unspecified atom stereocenters. The fourth-order valence-corrected chi connectivity index (χ4v) is 4.05. The molecule has 6 heteroatoms. The molecule has 1 amide bonds. The number of rotatable bonds is 5. The first-order chi connectivity index (χ1) is 12.9. The van der Waals surface area contributed by atoms with Crippen molar-refractivity contribution in [3.05, 3.63) is 89.5 Å². The summed E-state index contributed by atoms with van der Waals surface area (Å²) < 4.78 is 28.3. The minimum Gasteiger partial charge on any atom is -0.322 e. The number of anilines is 2. The van der Waals surface area contributed by atoms with Gasteiger partial charge in [-0.2, -0.15) is 0 Å². The molecule has 0 aliphatic heterocycles. The van der Waals surface area contributed by atoms with Crippen LogP contribution < -0.4 is 10.0 Å². The van der Waals surface area contributed by atoms with Crippen LogP contribution in [0.3, 0.4) is 0 Å². The molecule has 3 aromatic rings. The zero-order valence-corrected chi connectivity index (χ0v) is 15.9. The summed E-state index contributed by atoms with van der Waals surface area (Å²) in [7, 11) is -3.83. The van der Waals surface area contributed by atoms with Gasteiger partial charge in [-0.15, -0.1) is 0 Å². The first-order valence-corrected chi connectivity index (χ1v) is 9.90. The van der Waals surface area contributed by atoms with Gasteiger partial charge in [0.05, 0.1) is 10.6 Å². The summed E-state index contributed by atoms with van der Waals surface area (Å²) in [5, 5.41) is 2.76. The van der Waals surface area contributed by atoms with Gasteiger partial charge in [0, 0.05) is 11.3 Å². The molecular formula is C21H20N2O3S. The summed E-state index contributed by atoms with van der Waals surface area (Å²) in [6, 6.07) is 20.8. The van der Waals surface area contributed by atoms with E-state index in [4.69, 9.17) is 0 Å². The number of aryl methyl sites for hydroxylation is 2. The molecule has 0 aliphatic rings. The molecule has 2 N–H and O–H groups in total. The van der Waals surface area contributed by atoms with E-state index >= 15 is 0 Å². The lowest BCUT2D eigenvalue weighted by molar-refractivity contribution is 0.102. The van der Waals surface area contributed by atoms with Gasteiger partial charge in [0.25, 0.3) is 15.9 Å². The van der Waals surface area contributed by atoms with Gasteiger partial charge in [0.15, 0.2) is 0 Å². The molecule has 138 valence electrons. The van der Waals surface area contributed by atoms with E-state index in [0.717, 1.165) is 5.56 Å². The molecule has 0 fully saturated rings. The third-order valence-electron chi connectivity index (χ3n) is 4.16. The van der Waals surface area contributed by atoms with Gasteiger partial charge in [-0.3, -0.25) is 9.52 Å². The third-order valence-corrected chi connectivity index (χ3v) is 5.67. The van der Waals surface area contributed by atoms with Gasteiger partial charge in [-0.05, 0) is 55.3 Å². The molecular weight excluding hydrogens is 360 g/mol. The first kappa shape index (κ1) is 18.7. The topological polar surface area (TPSA) is 75.3 Å². The number of para-hydroxylation sites is 2. The van der Waals surface area contributed by atoms with E-state index in [9.17, 15) is 13.2 Å². The van der Waals surface area contributed by atoms with Gasteiger partial charge in [-0.1, -0.05) is 42.5 Å². The summed E-state index contributed by atoms with van der Waals surface area (Å²) in [4.78, 5) is 12.6. The maximum Gasteiger partial charge on any atom is 0.262 e. The van der Waals surface area contributed by atoms with Crippen LogP contribution in [-0.2, 0) is 10.0 Å². The monoisotopic (exact) mass is 380 g/mol. The fourth-order valence-electron chi connectivity index (χ4n) is 2.64. The summed E-state index contributed by atoms with van der Waals surface area (Å²) in [6.45, 7) is 3.53. The van der Waals surface area contributed by atoms with E-state index in [-0.39, 0.29) is 16.4 Å². The first-order valence-electron chi connectivity index (χ1n) is 8.42. The Balaban J connectivity index is 1.90. The van der Waals surface area contributed by atoms with E-state index in [1.54, 1.807) is 43.3 Å². The normalized spacial score (nSPS) is 11.0. The molecule has 3 rings (SSSR count). The quantitative estimate of drug-likeness (QED) is 0.691. The Morgan fingerprint density at radius 3 is 2.19 bits per heavy atom. The average Bonchev–Trinajstić information content (AvgIpc) is 2.64. The highest BCUT2D eigenvalue weighted by Crippen LogP contribution is 2.23. The Hall–Kier alpha value is -3.12. The van der Waals surface area contributed by atoms with Crippen LogP contribution in [0.4, 0.5) is 11.4 Å². The highest BCUT2D eigenvalue weighted by molar-refractivity contribution is 7.92. The van der Waals surface area contributed by atoms with Gasteiger partial charge in [0.1, 0.15) is 0 Å². The van der Waals surface area contributed by atoms with Crippen LogP contribution in [0.1, 0.15) is 21.5 Å². The number of carbonyl (C=O) groups excluding carboxylic acids is 1. The number of sulfonamides is 1. The third kappa shape index (κ3) is 4.35. The van der Waals surface area contributed by atoms with Crippen LogP contribution in [0.2, 0.25) is 0 Å². The summed E-state index contributed by atoms with van der Waals surface area (Å²) in [6.07, 6.45) is 0. The van der Waals surface area contributed by atoms with Gasteiger partial charge >= 0.3 is 0 Å². The van der Waals surface area contributed by atoms with Crippen molar-refractivity contribution in [3.63, 3.8) is 0 Å². The van der Waals surface area contributed by atoms with Crippen molar-refractivity contribution in [1.29, 1.82) is 0 Å². The van der Waals surface area contributed by atoms with Gasteiger partial charge < -0.3 is 5.32 Å². The molecule has 0 bridgehead atoms. The van der Waals surface area contributed by atoms with Crippen LogP contribution in [0.25, 0.3) is 0 Å². The zero-order valence-electron chi connectivity index (χ0n) is 15.1. The number of nitrogens with one attached hydrogen (secondary N) is 2. The van der Waals surface area contributed by atoms with Crippen molar-refractivity contribution >= 4 is 27.3 Å². The molecule has 3 aromatic carbocycles. The predicted octanol–water partition coefficient (Wildman–Crippen LogP) is 4.36. The van der Waals surface area contributed by atoms with Crippen molar-refractivity contribution in [2.45, 2.75) is 18.7 Å². The summed E-state index contributed by atoms with van der Waals surface area (Å²) >= 11 is 0. The Kier molecular flexibility index (Phi) is 5.28. The molecule has 0 aromatic heterocycles. The highest BCUT2D eigenvalue weighted by atomic mass is 32.2. The lowest BCUT2D eigenvalue weighted by Crippen LogP contribution is -2.17. The lowest BCUT2D eigenvalue weighted by atomic mass is 10.1. The van der Waals surface area contributed by atoms with Crippen molar-refractivity contribution in [3.8, 4) is 0 Å². The second kappa shape index (κ2) is 7.63. The fraction of sp³-hybridized carbons (Fsp3) is 0.0952. The summed E-state index contributed by atoms with van der Waals surface area (Å²) in [5.41, 5.74) is 2.81. The molecule has 0 aliphatic carbocycles. The lowest BCUT2D eigenvalue weighted by Gasteiger charge is -2.13. The number of hydrogen-bond donors (Lipinski definition) is 2. The molecule has 0 radical (unpaired) electrons. The van der Waals surface area contributed by atoms with Gasteiger partial charge in [0.2, 0.25) is 0 Å². The standard InChI is InChI=1S/C21H20N2O3S/c1-15-8-6-7-11-19(15)23-27(25,26)20-14-17(13-12-16(20)2)21(24)22-18-9-4-3-5-10-18/h3-14,23H,1-2H3,(H,22,24). The van der Waals surface area contributed by atoms with E-state index < -0.39 is 10.0 Å². The van der Waals surface area contributed by atoms with Crippen LogP contribution in [0, 0.1) is 13.8 Å². The predicted molar refractivity (Wildman–Crippen MR) is 108 cm³/mol. The van der Waals surface area contributed by atoms with Crippen LogP contribution in [-0.4, -0.2) is 14.3 Å². The molecule has 0 spiro atoms. The van der Waals surface area contributed by atoms with Crippen molar-refractivity contribution in [2.75, 3.05) is 10.0 Å². The second-order valence-corrected chi connectivity index (χ2v) is 7.87. The van der Waals surface area contributed by atoms with E-state index in [2.05, 4.69) is 10.0 Å². The minimum atomic E-state index is -3.83. The molecule has 0 heterocycles. The van der Waals surface area contributed by atoms with E-state index in [1.807, 2.05) is 37.3 Å². The maximum absolute atomic E-state index is 12.9. The number of benzene rings is 3. The molecule has 27 heavy (non-hydrogen) atoms. The maximum atomic E-state index is 12.9. The van der Waals surface area contributed by atoms with E-state index in [0.29, 0.717) is 16.9 Å². The molecule has 0 atom stereocenters. The van der Waals surface area contributed by atoms with Crippen LogP contribution >= 0.6 is 0 Å². The molecule has 0 saturated heterocycles. The zero-order chi connectivity index (χ0) is 19.4. The SMILES string of the molecule is Cc1ccccc1NS(=O)(=O)c1cc(C(=O)Nc2ccccc2)ccc1C. The molecule has 0 saturated carbocycles. The van der Waals surface area contributed by atoms with Crippen LogP contribution in [0.15, 0.2) is 77.7 Å². The smallest absolute Gasteiger partial charge is 0.262 e. The highest BCUT2D eigenvalue weighted by Gasteiger charge is 2.20. The van der Waals surface area contributed by atoms with E-state index in [1.165, 1.54) is 6.07 Å². The number of carbonyl (C=O) groups is 1. The van der Waals surface area contributed by atoms with Crippen molar-refractivity contribution < 1.29 is 13.2 Å². The Morgan fingerprint density at radius 1 is 0.815 bits per heavy atom. The van der Waals surface area contributed by atoms with Crippen molar-refractivity contribution in [2.24, 2.45) is 0 Å². The van der Waals surface area contributed by atoms with Gasteiger partial charge in [-0.25, -0.2) is 8.42 Å². The van der Waals surface area contributed by atoms with Crippen molar-refractivity contribution in [1.82, 2.24) is 0 Å². The number of amides is 1. The minimum absolute atomic E-state index is 0.0754. The average molecular weight is 380 g/mol. The van der Waals surface area contributed by atoms with Crippen LogP contribution in [0.5, 0.6) is 0 Å². The molecule has 5 nitrogen and oxygen atoms in total.